The van der Waals surface area contributed by atoms with E-state index in [4.69, 9.17) is 0 Å². The van der Waals surface area contributed by atoms with E-state index < -0.39 is 6.10 Å². The van der Waals surface area contributed by atoms with E-state index in [-0.39, 0.29) is 5.41 Å². The molecule has 3 aliphatic rings. The molecule has 0 amide bonds. The van der Waals surface area contributed by atoms with Crippen LogP contribution in [0.5, 0.6) is 0 Å². The predicted molar refractivity (Wildman–Crippen MR) is 98.2 cm³/mol. The highest BCUT2D eigenvalue weighted by Gasteiger charge is 2.46. The van der Waals surface area contributed by atoms with Crippen LogP contribution >= 0.6 is 0 Å². The van der Waals surface area contributed by atoms with Crippen molar-refractivity contribution in [2.45, 2.75) is 44.1 Å². The van der Waals surface area contributed by atoms with Gasteiger partial charge in [0.15, 0.2) is 0 Å². The summed E-state index contributed by atoms with van der Waals surface area (Å²) in [6, 6.07) is 6.55. The average molecular weight is 336 g/mol. The van der Waals surface area contributed by atoms with E-state index in [0.29, 0.717) is 5.92 Å². The van der Waals surface area contributed by atoms with Crippen molar-refractivity contribution in [2.75, 3.05) is 29.9 Å². The number of aliphatic hydroxyl groups excluding tert-OH is 1. The molecule has 0 saturated carbocycles. The summed E-state index contributed by atoms with van der Waals surface area (Å²) in [7, 11) is 0. The van der Waals surface area contributed by atoms with Gasteiger partial charge in [0.05, 0.1) is 11.8 Å². The molecule has 0 unspecified atom stereocenters. The van der Waals surface area contributed by atoms with Crippen LogP contribution in [-0.2, 0) is 5.41 Å². The molecule has 0 bridgehead atoms. The minimum Gasteiger partial charge on any atom is -0.387 e. The van der Waals surface area contributed by atoms with Crippen LogP contribution in [0.25, 0.3) is 0 Å². The monoisotopic (exact) mass is 336 g/mol. The molecule has 3 heterocycles. The number of aryl methyl sites for hydroxylation is 1. The molecular formula is C20H24N4O. The fourth-order valence-corrected chi connectivity index (χ4v) is 5.23. The molecule has 5 rings (SSSR count). The highest BCUT2D eigenvalue weighted by atomic mass is 16.3. The summed E-state index contributed by atoms with van der Waals surface area (Å²) in [5.41, 5.74) is 6.30. The van der Waals surface area contributed by atoms with Gasteiger partial charge in [0.1, 0.15) is 12.1 Å². The molecule has 2 aromatic rings. The number of nitrogens with zero attached hydrogens (tertiary/aromatic N) is 3. The Hall–Kier alpha value is -2.14. The number of nitrogens with one attached hydrogen (secondary N) is 1. The van der Waals surface area contributed by atoms with Gasteiger partial charge in [0.25, 0.3) is 0 Å². The second-order valence-corrected chi connectivity index (χ2v) is 7.95. The molecule has 1 aromatic carbocycles. The fourth-order valence-electron chi connectivity index (χ4n) is 5.23. The van der Waals surface area contributed by atoms with Gasteiger partial charge >= 0.3 is 0 Å². The number of anilines is 2. The normalized spacial score (nSPS) is 29.8. The summed E-state index contributed by atoms with van der Waals surface area (Å²) in [5, 5.41) is 13.9. The lowest BCUT2D eigenvalue weighted by molar-refractivity contribution is 0.170. The Bertz CT molecular complexity index is 852. The number of hydrogen-bond donors (Lipinski definition) is 2. The van der Waals surface area contributed by atoms with Crippen molar-refractivity contribution in [3.8, 4) is 0 Å². The van der Waals surface area contributed by atoms with E-state index in [0.717, 1.165) is 49.6 Å². The third kappa shape index (κ3) is 2.05. The van der Waals surface area contributed by atoms with Crippen molar-refractivity contribution >= 4 is 11.5 Å². The maximum absolute atomic E-state index is 10.3. The Kier molecular flexibility index (Phi) is 3.14. The van der Waals surface area contributed by atoms with Gasteiger partial charge in [-0.25, -0.2) is 9.97 Å². The van der Waals surface area contributed by atoms with E-state index in [1.165, 1.54) is 16.8 Å². The highest BCUT2D eigenvalue weighted by Crippen LogP contribution is 2.48. The molecule has 130 valence electrons. The van der Waals surface area contributed by atoms with Crippen molar-refractivity contribution in [2.24, 2.45) is 0 Å². The quantitative estimate of drug-likeness (QED) is 0.838. The maximum Gasteiger partial charge on any atom is 0.135 e. The van der Waals surface area contributed by atoms with Gasteiger partial charge in [-0.15, -0.1) is 0 Å². The molecule has 0 radical (unpaired) electrons. The van der Waals surface area contributed by atoms with Crippen LogP contribution in [0.2, 0.25) is 0 Å². The standard InChI is InChI=1S/C20H24N4O/c1-12-4-3-5-14-17(12)20(9-21-14)6-7-24(10-20)19-16-13(2)8-15(25)18(16)22-11-23-19/h3-5,11,13,15,21,25H,6-10H2,1-2H3/t13-,15-,20+/m1/s1. The summed E-state index contributed by atoms with van der Waals surface area (Å²) < 4.78 is 0. The maximum atomic E-state index is 10.3. The summed E-state index contributed by atoms with van der Waals surface area (Å²) in [5.74, 6) is 1.35. The van der Waals surface area contributed by atoms with Crippen molar-refractivity contribution in [3.05, 3.63) is 46.9 Å². The lowest BCUT2D eigenvalue weighted by Crippen LogP contribution is -2.34. The second-order valence-electron chi connectivity index (χ2n) is 7.95. The Labute approximate surface area is 148 Å². The minimum absolute atomic E-state index is 0.166. The zero-order chi connectivity index (χ0) is 17.2. The van der Waals surface area contributed by atoms with Crippen LogP contribution in [-0.4, -0.2) is 34.7 Å². The van der Waals surface area contributed by atoms with Crippen LogP contribution in [0.3, 0.4) is 0 Å². The molecule has 5 nitrogen and oxygen atoms in total. The van der Waals surface area contributed by atoms with Crippen LogP contribution in [0.15, 0.2) is 24.5 Å². The Balaban J connectivity index is 1.54. The minimum atomic E-state index is -0.445. The van der Waals surface area contributed by atoms with Crippen LogP contribution < -0.4 is 10.2 Å². The van der Waals surface area contributed by atoms with Gasteiger partial charge < -0.3 is 15.3 Å². The first-order chi connectivity index (χ1) is 12.1. The summed E-state index contributed by atoms with van der Waals surface area (Å²) in [6.07, 6.45) is 3.06. The van der Waals surface area contributed by atoms with Gasteiger partial charge in [0, 0.05) is 36.3 Å². The largest absolute Gasteiger partial charge is 0.387 e. The molecule has 2 N–H and O–H groups in total. The summed E-state index contributed by atoms with van der Waals surface area (Å²) in [4.78, 5) is 11.4. The molecule has 1 spiro atoms. The number of aliphatic hydroxyl groups is 1. The lowest BCUT2D eigenvalue weighted by atomic mass is 9.79. The van der Waals surface area contributed by atoms with Crippen molar-refractivity contribution < 1.29 is 5.11 Å². The SMILES string of the molecule is Cc1cccc2c1[C@@]1(CCN(c3ncnc4c3[C@H](C)C[C@H]4O)C1)CN2. The molecule has 2 aliphatic heterocycles. The van der Waals surface area contributed by atoms with E-state index in [2.05, 4.69) is 52.2 Å². The lowest BCUT2D eigenvalue weighted by Gasteiger charge is -2.27. The molecular weight excluding hydrogens is 312 g/mol. The van der Waals surface area contributed by atoms with Crippen molar-refractivity contribution in [1.82, 2.24) is 9.97 Å². The van der Waals surface area contributed by atoms with Crippen LogP contribution in [0.4, 0.5) is 11.5 Å². The third-order valence-electron chi connectivity index (χ3n) is 6.35. The van der Waals surface area contributed by atoms with E-state index >= 15 is 0 Å². The molecule has 3 atom stereocenters. The van der Waals surface area contributed by atoms with Crippen LogP contribution in [0.1, 0.15) is 54.2 Å². The summed E-state index contributed by atoms with van der Waals surface area (Å²) in [6.45, 7) is 7.36. The zero-order valence-corrected chi connectivity index (χ0v) is 14.8. The van der Waals surface area contributed by atoms with Gasteiger partial charge in [0.2, 0.25) is 0 Å². The second kappa shape index (κ2) is 5.18. The van der Waals surface area contributed by atoms with E-state index in [1.54, 1.807) is 6.33 Å². The molecule has 1 aromatic heterocycles. The Morgan fingerprint density at radius 3 is 3.08 bits per heavy atom. The van der Waals surface area contributed by atoms with Gasteiger partial charge in [-0.1, -0.05) is 19.1 Å². The molecule has 1 fully saturated rings. The van der Waals surface area contributed by atoms with Gasteiger partial charge in [-0.2, -0.15) is 0 Å². The number of rotatable bonds is 1. The zero-order valence-electron chi connectivity index (χ0n) is 14.8. The molecule has 1 aliphatic carbocycles. The van der Waals surface area contributed by atoms with Gasteiger partial charge in [-0.05, 0) is 42.9 Å². The number of hydrogen-bond acceptors (Lipinski definition) is 5. The number of benzene rings is 1. The molecule has 1 saturated heterocycles. The van der Waals surface area contributed by atoms with Crippen LogP contribution in [0, 0.1) is 6.92 Å². The predicted octanol–water partition coefficient (Wildman–Crippen LogP) is 2.90. The van der Waals surface area contributed by atoms with Crippen molar-refractivity contribution in [1.29, 1.82) is 0 Å². The first-order valence-corrected chi connectivity index (χ1v) is 9.21. The number of aromatic nitrogens is 2. The molecule has 5 heteroatoms. The Morgan fingerprint density at radius 1 is 1.32 bits per heavy atom. The third-order valence-corrected chi connectivity index (χ3v) is 6.35. The topological polar surface area (TPSA) is 61.3 Å². The molecule has 25 heavy (non-hydrogen) atoms. The van der Waals surface area contributed by atoms with Crippen molar-refractivity contribution in [3.63, 3.8) is 0 Å². The van der Waals surface area contributed by atoms with E-state index in [1.807, 2.05) is 0 Å². The number of fused-ring (bicyclic) bond motifs is 3. The summed E-state index contributed by atoms with van der Waals surface area (Å²) >= 11 is 0. The first-order valence-electron chi connectivity index (χ1n) is 9.21. The highest BCUT2D eigenvalue weighted by molar-refractivity contribution is 5.66. The fraction of sp³-hybridized carbons (Fsp3) is 0.500. The van der Waals surface area contributed by atoms with E-state index in [9.17, 15) is 5.11 Å². The smallest absolute Gasteiger partial charge is 0.135 e. The average Bonchev–Trinajstić information content (AvgIpc) is 3.27. The van der Waals surface area contributed by atoms with Gasteiger partial charge in [-0.3, -0.25) is 0 Å². The Morgan fingerprint density at radius 2 is 2.20 bits per heavy atom. The first kappa shape index (κ1) is 15.1.